The molecule has 2 aromatic heterocycles. The summed E-state index contributed by atoms with van der Waals surface area (Å²) in [7, 11) is 0. The van der Waals surface area contributed by atoms with Crippen LogP contribution in [-0.2, 0) is 12.8 Å². The number of pyridine rings is 1. The van der Waals surface area contributed by atoms with Gasteiger partial charge >= 0.3 is 0 Å². The second-order valence-corrected chi connectivity index (χ2v) is 5.22. The van der Waals surface area contributed by atoms with Crippen LogP contribution < -0.4 is 0 Å². The SMILES string of the molecule is Oc1cnccc1-c1nc(C2Cc3ccccc3C2)no1. The lowest BCUT2D eigenvalue weighted by Gasteiger charge is -2.00. The van der Waals surface area contributed by atoms with Gasteiger partial charge < -0.3 is 9.63 Å². The van der Waals surface area contributed by atoms with Crippen LogP contribution in [0.2, 0.25) is 0 Å². The van der Waals surface area contributed by atoms with E-state index in [2.05, 4.69) is 39.4 Å². The normalized spacial score (nSPS) is 14.3. The Kier molecular flexibility index (Phi) is 2.70. The van der Waals surface area contributed by atoms with Gasteiger partial charge in [0.1, 0.15) is 5.75 Å². The van der Waals surface area contributed by atoms with Crippen LogP contribution in [0.3, 0.4) is 0 Å². The number of fused-ring (bicyclic) bond motifs is 1. The molecule has 2 heterocycles. The van der Waals surface area contributed by atoms with Crippen molar-refractivity contribution >= 4 is 0 Å². The zero-order chi connectivity index (χ0) is 14.2. The van der Waals surface area contributed by atoms with Gasteiger partial charge in [-0.1, -0.05) is 29.4 Å². The van der Waals surface area contributed by atoms with Crippen LogP contribution in [0, 0.1) is 0 Å². The van der Waals surface area contributed by atoms with E-state index in [4.69, 9.17) is 4.52 Å². The number of hydrogen-bond donors (Lipinski definition) is 1. The van der Waals surface area contributed by atoms with Gasteiger partial charge in [0.05, 0.1) is 11.8 Å². The minimum absolute atomic E-state index is 0.0439. The number of aromatic nitrogens is 3. The predicted molar refractivity (Wildman–Crippen MR) is 75.8 cm³/mol. The van der Waals surface area contributed by atoms with Crippen LogP contribution >= 0.6 is 0 Å². The molecule has 5 nitrogen and oxygen atoms in total. The van der Waals surface area contributed by atoms with Crippen LogP contribution in [0.15, 0.2) is 47.2 Å². The highest BCUT2D eigenvalue weighted by atomic mass is 16.5. The number of nitrogens with zero attached hydrogens (tertiary/aromatic N) is 3. The summed E-state index contributed by atoms with van der Waals surface area (Å²) >= 11 is 0. The summed E-state index contributed by atoms with van der Waals surface area (Å²) in [5.41, 5.74) is 3.21. The third kappa shape index (κ3) is 2.07. The molecule has 0 unspecified atom stereocenters. The van der Waals surface area contributed by atoms with Crippen molar-refractivity contribution < 1.29 is 9.63 Å². The minimum atomic E-state index is 0.0439. The summed E-state index contributed by atoms with van der Waals surface area (Å²) < 4.78 is 5.29. The summed E-state index contributed by atoms with van der Waals surface area (Å²) in [5.74, 6) is 1.31. The average Bonchev–Trinajstić information content (AvgIpc) is 3.14. The maximum absolute atomic E-state index is 9.79. The maximum atomic E-state index is 9.79. The van der Waals surface area contributed by atoms with E-state index >= 15 is 0 Å². The fourth-order valence-electron chi connectivity index (χ4n) is 2.82. The number of aromatic hydroxyl groups is 1. The minimum Gasteiger partial charge on any atom is -0.505 e. The van der Waals surface area contributed by atoms with E-state index in [1.807, 2.05) is 0 Å². The Labute approximate surface area is 121 Å². The monoisotopic (exact) mass is 279 g/mol. The number of benzene rings is 1. The lowest BCUT2D eigenvalue weighted by atomic mass is 10.1. The van der Waals surface area contributed by atoms with Crippen LogP contribution in [0.4, 0.5) is 0 Å². The van der Waals surface area contributed by atoms with E-state index in [-0.39, 0.29) is 11.7 Å². The summed E-state index contributed by atoms with van der Waals surface area (Å²) in [6, 6.07) is 10.1. The van der Waals surface area contributed by atoms with Crippen molar-refractivity contribution in [3.63, 3.8) is 0 Å². The van der Waals surface area contributed by atoms with Gasteiger partial charge in [-0.3, -0.25) is 4.98 Å². The molecule has 5 heteroatoms. The van der Waals surface area contributed by atoms with Gasteiger partial charge in [0.2, 0.25) is 0 Å². The van der Waals surface area contributed by atoms with Gasteiger partial charge in [-0.05, 0) is 30.0 Å². The van der Waals surface area contributed by atoms with E-state index < -0.39 is 0 Å². The van der Waals surface area contributed by atoms with Gasteiger partial charge in [0.25, 0.3) is 5.89 Å². The molecule has 4 rings (SSSR count). The standard InChI is InChI=1S/C16H13N3O2/c20-14-9-17-6-5-13(14)16-18-15(19-21-16)12-7-10-3-1-2-4-11(10)8-12/h1-6,9,12,20H,7-8H2. The molecule has 0 saturated heterocycles. The van der Waals surface area contributed by atoms with Gasteiger partial charge in [-0.25, -0.2) is 0 Å². The second kappa shape index (κ2) is 4.70. The Bertz CT molecular complexity index is 772. The lowest BCUT2D eigenvalue weighted by molar-refractivity contribution is 0.412. The van der Waals surface area contributed by atoms with Crippen LogP contribution in [0.1, 0.15) is 22.9 Å². The fraction of sp³-hybridized carbons (Fsp3) is 0.188. The van der Waals surface area contributed by atoms with Crippen molar-refractivity contribution in [3.05, 3.63) is 59.7 Å². The molecule has 0 radical (unpaired) electrons. The molecule has 1 N–H and O–H groups in total. The number of hydrogen-bond acceptors (Lipinski definition) is 5. The number of rotatable bonds is 2. The summed E-state index contributed by atoms with van der Waals surface area (Å²) in [6.45, 7) is 0. The molecule has 0 amide bonds. The second-order valence-electron chi connectivity index (χ2n) is 5.22. The van der Waals surface area contributed by atoms with Crippen LogP contribution in [0.5, 0.6) is 5.75 Å². The Balaban J connectivity index is 1.63. The molecule has 0 saturated carbocycles. The fourth-order valence-corrected chi connectivity index (χ4v) is 2.82. The maximum Gasteiger partial charge on any atom is 0.261 e. The molecule has 0 fully saturated rings. The molecule has 104 valence electrons. The van der Waals surface area contributed by atoms with Crippen molar-refractivity contribution in [2.24, 2.45) is 0 Å². The highest BCUT2D eigenvalue weighted by Crippen LogP contribution is 2.34. The molecule has 3 aromatic rings. The Morgan fingerprint density at radius 1 is 1.10 bits per heavy atom. The molecule has 1 aliphatic carbocycles. The van der Waals surface area contributed by atoms with Crippen molar-refractivity contribution in [1.82, 2.24) is 15.1 Å². The molecule has 1 aromatic carbocycles. The van der Waals surface area contributed by atoms with Gasteiger partial charge in [0.15, 0.2) is 5.82 Å². The van der Waals surface area contributed by atoms with Gasteiger partial charge in [0, 0.05) is 12.1 Å². The Morgan fingerprint density at radius 3 is 2.57 bits per heavy atom. The Hall–Kier alpha value is -2.69. The van der Waals surface area contributed by atoms with E-state index in [9.17, 15) is 5.11 Å². The van der Waals surface area contributed by atoms with Gasteiger partial charge in [-0.15, -0.1) is 0 Å². The molecule has 21 heavy (non-hydrogen) atoms. The molecule has 0 bridgehead atoms. The molecular formula is C16H13N3O2. The lowest BCUT2D eigenvalue weighted by Crippen LogP contribution is -2.00. The smallest absolute Gasteiger partial charge is 0.261 e. The van der Waals surface area contributed by atoms with E-state index in [0.29, 0.717) is 17.3 Å². The molecule has 0 spiro atoms. The summed E-state index contributed by atoms with van der Waals surface area (Å²) in [4.78, 5) is 8.28. The molecule has 0 aliphatic heterocycles. The third-order valence-corrected chi connectivity index (χ3v) is 3.89. The quantitative estimate of drug-likeness (QED) is 0.781. The van der Waals surface area contributed by atoms with E-state index in [0.717, 1.165) is 12.8 Å². The van der Waals surface area contributed by atoms with E-state index in [1.165, 1.54) is 17.3 Å². The van der Waals surface area contributed by atoms with Crippen LogP contribution in [0.25, 0.3) is 11.5 Å². The first-order valence-corrected chi connectivity index (χ1v) is 6.85. The van der Waals surface area contributed by atoms with Crippen LogP contribution in [-0.4, -0.2) is 20.2 Å². The van der Waals surface area contributed by atoms with E-state index in [1.54, 1.807) is 12.3 Å². The summed E-state index contributed by atoms with van der Waals surface area (Å²) in [5, 5.41) is 13.9. The first kappa shape index (κ1) is 12.1. The van der Waals surface area contributed by atoms with Crippen molar-refractivity contribution in [2.45, 2.75) is 18.8 Å². The largest absolute Gasteiger partial charge is 0.505 e. The van der Waals surface area contributed by atoms with Crippen molar-refractivity contribution in [3.8, 4) is 17.2 Å². The molecule has 0 atom stereocenters. The zero-order valence-electron chi connectivity index (χ0n) is 11.2. The first-order chi connectivity index (χ1) is 10.3. The topological polar surface area (TPSA) is 72.0 Å². The first-order valence-electron chi connectivity index (χ1n) is 6.85. The van der Waals surface area contributed by atoms with Crippen molar-refractivity contribution in [2.75, 3.05) is 0 Å². The molecular weight excluding hydrogens is 266 g/mol. The third-order valence-electron chi connectivity index (χ3n) is 3.89. The Morgan fingerprint density at radius 2 is 1.86 bits per heavy atom. The van der Waals surface area contributed by atoms with Crippen molar-refractivity contribution in [1.29, 1.82) is 0 Å². The highest BCUT2D eigenvalue weighted by molar-refractivity contribution is 5.60. The predicted octanol–water partition coefficient (Wildman–Crippen LogP) is 2.72. The van der Waals surface area contributed by atoms with Gasteiger partial charge in [-0.2, -0.15) is 4.98 Å². The highest BCUT2D eigenvalue weighted by Gasteiger charge is 2.27. The zero-order valence-corrected chi connectivity index (χ0v) is 11.2. The molecule has 1 aliphatic rings. The summed E-state index contributed by atoms with van der Waals surface area (Å²) in [6.07, 6.45) is 4.81. The average molecular weight is 279 g/mol.